The minimum Gasteiger partial charge on any atom is -0.380 e. The molecule has 108 valence electrons. The fourth-order valence-corrected chi connectivity index (χ4v) is 1.91. The highest BCUT2D eigenvalue weighted by atomic mass is 35.5. The number of hydrogen-bond acceptors (Lipinski definition) is 5. The molecule has 0 saturated heterocycles. The lowest BCUT2D eigenvalue weighted by atomic mass is 10.3. The van der Waals surface area contributed by atoms with Gasteiger partial charge in [-0.05, 0) is 13.8 Å². The van der Waals surface area contributed by atoms with Crippen LogP contribution < -0.4 is 4.90 Å². The number of aromatic nitrogens is 2. The number of hydrogen-bond donors (Lipinski definition) is 0. The Balaban J connectivity index is 2.72. The van der Waals surface area contributed by atoms with E-state index in [1.807, 2.05) is 18.7 Å². The summed E-state index contributed by atoms with van der Waals surface area (Å²) in [6, 6.07) is 1.70. The second-order valence-electron chi connectivity index (χ2n) is 3.72. The molecule has 1 aromatic rings. The molecule has 0 aliphatic carbocycles. The minimum atomic E-state index is 0.317. The molecule has 0 aromatic carbocycles. The first kappa shape index (κ1) is 16.4. The molecule has 0 saturated carbocycles. The Kier molecular flexibility index (Phi) is 8.05. The number of anilines is 1. The van der Waals surface area contributed by atoms with Gasteiger partial charge >= 0.3 is 0 Å². The number of halogens is 2. The van der Waals surface area contributed by atoms with Crippen LogP contribution in [-0.2, 0) is 9.47 Å². The van der Waals surface area contributed by atoms with Crippen LogP contribution in [0.25, 0.3) is 0 Å². The van der Waals surface area contributed by atoms with Crippen molar-refractivity contribution in [3.05, 3.63) is 16.4 Å². The monoisotopic (exact) mass is 307 g/mol. The molecule has 1 rings (SSSR count). The highest BCUT2D eigenvalue weighted by Crippen LogP contribution is 2.25. The first-order valence-electron chi connectivity index (χ1n) is 6.28. The predicted molar refractivity (Wildman–Crippen MR) is 77.3 cm³/mol. The molecular weight excluding hydrogens is 289 g/mol. The molecule has 0 unspecified atom stereocenters. The first-order chi connectivity index (χ1) is 9.19. The molecule has 1 heterocycles. The van der Waals surface area contributed by atoms with Gasteiger partial charge in [0, 0.05) is 32.4 Å². The summed E-state index contributed by atoms with van der Waals surface area (Å²) in [4.78, 5) is 2.04. The predicted octanol–water partition coefficient (Wildman–Crippen LogP) is 2.66. The van der Waals surface area contributed by atoms with Crippen LogP contribution in [-0.4, -0.2) is 49.7 Å². The normalized spacial score (nSPS) is 10.7. The van der Waals surface area contributed by atoms with Gasteiger partial charge in [-0.15, -0.1) is 10.2 Å². The second-order valence-corrected chi connectivity index (χ2v) is 4.47. The van der Waals surface area contributed by atoms with Crippen molar-refractivity contribution < 1.29 is 9.47 Å². The Morgan fingerprint density at radius 3 is 2.16 bits per heavy atom. The summed E-state index contributed by atoms with van der Waals surface area (Å²) in [7, 11) is 0. The Labute approximate surface area is 123 Å². The molecule has 0 N–H and O–H groups in total. The van der Waals surface area contributed by atoms with Gasteiger partial charge in [-0.1, -0.05) is 23.2 Å². The summed E-state index contributed by atoms with van der Waals surface area (Å²) in [6.07, 6.45) is 0. The zero-order valence-electron chi connectivity index (χ0n) is 11.2. The van der Waals surface area contributed by atoms with E-state index in [9.17, 15) is 0 Å². The van der Waals surface area contributed by atoms with Crippen molar-refractivity contribution in [2.45, 2.75) is 13.8 Å². The number of rotatable bonds is 9. The van der Waals surface area contributed by atoms with Crippen LogP contribution in [0.1, 0.15) is 13.8 Å². The van der Waals surface area contributed by atoms with Gasteiger partial charge in [-0.3, -0.25) is 0 Å². The van der Waals surface area contributed by atoms with E-state index in [2.05, 4.69) is 10.2 Å². The molecular formula is C12H19Cl2N3O2. The van der Waals surface area contributed by atoms with Gasteiger partial charge < -0.3 is 14.4 Å². The molecule has 0 amide bonds. The first-order valence-corrected chi connectivity index (χ1v) is 7.03. The fraction of sp³-hybridized carbons (Fsp3) is 0.667. The van der Waals surface area contributed by atoms with Crippen LogP contribution in [0, 0.1) is 0 Å². The van der Waals surface area contributed by atoms with E-state index in [4.69, 9.17) is 32.7 Å². The average Bonchev–Trinajstić information content (AvgIpc) is 2.40. The molecule has 1 aromatic heterocycles. The maximum atomic E-state index is 6.06. The van der Waals surface area contributed by atoms with E-state index in [0.717, 1.165) is 5.69 Å². The average molecular weight is 308 g/mol. The number of ether oxygens (including phenoxy) is 2. The summed E-state index contributed by atoms with van der Waals surface area (Å²) in [5, 5.41) is 8.17. The topological polar surface area (TPSA) is 47.5 Å². The highest BCUT2D eigenvalue weighted by Gasteiger charge is 2.13. The molecule has 7 heteroatoms. The lowest BCUT2D eigenvalue weighted by Gasteiger charge is -2.25. The smallest absolute Gasteiger partial charge is 0.175 e. The van der Waals surface area contributed by atoms with Crippen LogP contribution in [0.4, 0.5) is 5.69 Å². The Morgan fingerprint density at radius 1 is 1.05 bits per heavy atom. The molecule has 0 spiro atoms. The van der Waals surface area contributed by atoms with Gasteiger partial charge in [0.2, 0.25) is 0 Å². The van der Waals surface area contributed by atoms with Gasteiger partial charge in [-0.25, -0.2) is 0 Å². The Bertz CT molecular complexity index is 370. The third-order valence-electron chi connectivity index (χ3n) is 2.46. The third kappa shape index (κ3) is 5.91. The molecule has 0 atom stereocenters. The summed E-state index contributed by atoms with van der Waals surface area (Å²) < 4.78 is 10.7. The van der Waals surface area contributed by atoms with Crippen LogP contribution >= 0.6 is 23.2 Å². The van der Waals surface area contributed by atoms with Gasteiger partial charge in [0.05, 0.1) is 18.9 Å². The largest absolute Gasteiger partial charge is 0.380 e. The lowest BCUT2D eigenvalue weighted by molar-refractivity contribution is 0.141. The van der Waals surface area contributed by atoms with Crippen LogP contribution in [0.3, 0.4) is 0 Å². The van der Waals surface area contributed by atoms with Gasteiger partial charge in [-0.2, -0.15) is 0 Å². The van der Waals surface area contributed by atoms with Crippen molar-refractivity contribution >= 4 is 28.9 Å². The van der Waals surface area contributed by atoms with E-state index in [1.165, 1.54) is 0 Å². The minimum absolute atomic E-state index is 0.317. The molecule has 0 bridgehead atoms. The van der Waals surface area contributed by atoms with E-state index < -0.39 is 0 Å². The fourth-order valence-electron chi connectivity index (χ4n) is 1.56. The second kappa shape index (κ2) is 9.31. The van der Waals surface area contributed by atoms with Gasteiger partial charge in [0.25, 0.3) is 0 Å². The Hall–Kier alpha value is -0.620. The van der Waals surface area contributed by atoms with Crippen molar-refractivity contribution in [2.75, 3.05) is 44.4 Å². The molecule has 0 aliphatic heterocycles. The quantitative estimate of drug-likeness (QED) is 0.656. The van der Waals surface area contributed by atoms with Crippen molar-refractivity contribution in [2.24, 2.45) is 0 Å². The van der Waals surface area contributed by atoms with E-state index in [-0.39, 0.29) is 0 Å². The van der Waals surface area contributed by atoms with E-state index in [1.54, 1.807) is 6.07 Å². The summed E-state index contributed by atoms with van der Waals surface area (Å²) in [6.45, 7) is 7.90. The molecule has 0 aliphatic rings. The number of nitrogens with zero attached hydrogens (tertiary/aromatic N) is 3. The third-order valence-corrected chi connectivity index (χ3v) is 2.91. The maximum absolute atomic E-state index is 6.06. The summed E-state index contributed by atoms with van der Waals surface area (Å²) >= 11 is 11.9. The van der Waals surface area contributed by atoms with Crippen LogP contribution in [0.5, 0.6) is 0 Å². The van der Waals surface area contributed by atoms with Crippen molar-refractivity contribution in [1.82, 2.24) is 10.2 Å². The Morgan fingerprint density at radius 2 is 1.63 bits per heavy atom. The summed E-state index contributed by atoms with van der Waals surface area (Å²) in [5.41, 5.74) is 0.751. The zero-order valence-corrected chi connectivity index (χ0v) is 12.7. The highest BCUT2D eigenvalue weighted by molar-refractivity contribution is 6.33. The molecule has 5 nitrogen and oxygen atoms in total. The van der Waals surface area contributed by atoms with Gasteiger partial charge in [0.15, 0.2) is 10.3 Å². The molecule has 0 radical (unpaired) electrons. The molecule has 0 fully saturated rings. The molecule has 19 heavy (non-hydrogen) atoms. The SMILES string of the molecule is CCOCCN(CCOCC)c1cc(Cl)nnc1Cl. The van der Waals surface area contributed by atoms with Crippen molar-refractivity contribution in [1.29, 1.82) is 0 Å². The van der Waals surface area contributed by atoms with Crippen LogP contribution in [0.15, 0.2) is 6.07 Å². The lowest BCUT2D eigenvalue weighted by Crippen LogP contribution is -2.31. The van der Waals surface area contributed by atoms with E-state index >= 15 is 0 Å². The van der Waals surface area contributed by atoms with Crippen LogP contribution in [0.2, 0.25) is 10.3 Å². The van der Waals surface area contributed by atoms with Crippen molar-refractivity contribution in [3.63, 3.8) is 0 Å². The van der Waals surface area contributed by atoms with Gasteiger partial charge in [0.1, 0.15) is 0 Å². The zero-order chi connectivity index (χ0) is 14.1. The van der Waals surface area contributed by atoms with Crippen molar-refractivity contribution in [3.8, 4) is 0 Å². The standard InChI is InChI=1S/C12H19Cl2N3O2/c1-3-18-7-5-17(6-8-19-4-2)10-9-11(13)15-16-12(10)14/h9H,3-8H2,1-2H3. The summed E-state index contributed by atoms with van der Waals surface area (Å²) in [5.74, 6) is 0. The maximum Gasteiger partial charge on any atom is 0.175 e. The van der Waals surface area contributed by atoms with E-state index in [0.29, 0.717) is 49.8 Å².